The molecule has 2 unspecified atom stereocenters. The van der Waals surface area contributed by atoms with Gasteiger partial charge in [-0.1, -0.05) is 34.1 Å². The first-order chi connectivity index (χ1) is 8.00. The van der Waals surface area contributed by atoms with Crippen molar-refractivity contribution >= 4 is 0 Å². The maximum absolute atomic E-state index is 3.72. The van der Waals surface area contributed by atoms with E-state index < -0.39 is 0 Å². The van der Waals surface area contributed by atoms with E-state index in [0.717, 1.165) is 12.0 Å². The van der Waals surface area contributed by atoms with Crippen molar-refractivity contribution in [3.8, 4) is 0 Å². The minimum atomic E-state index is 0.534. The summed E-state index contributed by atoms with van der Waals surface area (Å²) in [5.74, 6) is 0.750. The van der Waals surface area contributed by atoms with Crippen LogP contribution in [0.25, 0.3) is 0 Å². The first-order valence-electron chi connectivity index (χ1n) is 7.48. The summed E-state index contributed by atoms with van der Waals surface area (Å²) < 4.78 is 0. The Morgan fingerprint density at radius 1 is 1.24 bits per heavy atom. The van der Waals surface area contributed by atoms with E-state index in [9.17, 15) is 0 Å². The molecule has 0 aromatic rings. The fourth-order valence-electron chi connectivity index (χ4n) is 3.69. The Morgan fingerprint density at radius 3 is 2.59 bits per heavy atom. The van der Waals surface area contributed by atoms with Crippen LogP contribution in [-0.4, -0.2) is 36.6 Å². The van der Waals surface area contributed by atoms with Gasteiger partial charge in [0, 0.05) is 18.6 Å². The second-order valence-corrected chi connectivity index (χ2v) is 7.05. The quantitative estimate of drug-likeness (QED) is 0.796. The second kappa shape index (κ2) is 5.27. The average molecular weight is 238 g/mol. The molecule has 0 amide bonds. The molecule has 2 fully saturated rings. The highest BCUT2D eigenvalue weighted by Crippen LogP contribution is 2.40. The lowest BCUT2D eigenvalue weighted by Gasteiger charge is -2.38. The third-order valence-corrected chi connectivity index (χ3v) is 4.91. The summed E-state index contributed by atoms with van der Waals surface area (Å²) in [6.45, 7) is 13.4. The van der Waals surface area contributed by atoms with Crippen LogP contribution in [0.3, 0.4) is 0 Å². The largest absolute Gasteiger partial charge is 0.312 e. The van der Waals surface area contributed by atoms with E-state index in [1.54, 1.807) is 0 Å². The van der Waals surface area contributed by atoms with Crippen LogP contribution in [0, 0.1) is 11.3 Å². The molecule has 1 aliphatic heterocycles. The predicted molar refractivity (Wildman–Crippen MR) is 74.2 cm³/mol. The van der Waals surface area contributed by atoms with Crippen LogP contribution in [-0.2, 0) is 0 Å². The zero-order chi connectivity index (χ0) is 12.5. The molecule has 1 saturated heterocycles. The van der Waals surface area contributed by atoms with Gasteiger partial charge in [0.1, 0.15) is 0 Å². The van der Waals surface area contributed by atoms with Gasteiger partial charge in [-0.15, -0.1) is 0 Å². The van der Waals surface area contributed by atoms with E-state index in [-0.39, 0.29) is 0 Å². The van der Waals surface area contributed by atoms with Crippen molar-refractivity contribution in [2.24, 2.45) is 11.3 Å². The monoisotopic (exact) mass is 238 g/mol. The predicted octanol–water partition coefficient (Wildman–Crippen LogP) is 2.89. The van der Waals surface area contributed by atoms with Crippen molar-refractivity contribution in [3.05, 3.63) is 0 Å². The first kappa shape index (κ1) is 13.4. The third kappa shape index (κ3) is 3.03. The van der Waals surface area contributed by atoms with Crippen LogP contribution in [0.1, 0.15) is 53.4 Å². The van der Waals surface area contributed by atoms with Gasteiger partial charge in [-0.25, -0.2) is 0 Å². The third-order valence-electron chi connectivity index (χ3n) is 4.91. The van der Waals surface area contributed by atoms with Gasteiger partial charge in [-0.2, -0.15) is 0 Å². The number of nitrogens with zero attached hydrogens (tertiary/aromatic N) is 1. The lowest BCUT2D eigenvalue weighted by atomic mass is 9.86. The van der Waals surface area contributed by atoms with Crippen LogP contribution < -0.4 is 5.32 Å². The highest BCUT2D eigenvalue weighted by Gasteiger charge is 2.39. The van der Waals surface area contributed by atoms with Crippen molar-refractivity contribution in [1.82, 2.24) is 10.2 Å². The molecule has 1 aliphatic carbocycles. The molecule has 2 aliphatic rings. The molecule has 0 spiro atoms. The molecule has 17 heavy (non-hydrogen) atoms. The summed E-state index contributed by atoms with van der Waals surface area (Å²) in [4.78, 5) is 2.79. The molecule has 1 heterocycles. The van der Waals surface area contributed by atoms with Crippen molar-refractivity contribution in [2.75, 3.05) is 19.6 Å². The summed E-state index contributed by atoms with van der Waals surface area (Å²) in [7, 11) is 0. The minimum Gasteiger partial charge on any atom is -0.312 e. The van der Waals surface area contributed by atoms with E-state index >= 15 is 0 Å². The molecule has 2 heteroatoms. The fraction of sp³-hybridized carbons (Fsp3) is 1.00. The highest BCUT2D eigenvalue weighted by atomic mass is 15.2. The molecule has 0 bridgehead atoms. The summed E-state index contributed by atoms with van der Waals surface area (Å²) >= 11 is 0. The van der Waals surface area contributed by atoms with Gasteiger partial charge in [0.15, 0.2) is 0 Å². The van der Waals surface area contributed by atoms with Crippen LogP contribution in [0.5, 0.6) is 0 Å². The molecule has 2 rings (SSSR count). The van der Waals surface area contributed by atoms with Crippen LogP contribution >= 0.6 is 0 Å². The van der Waals surface area contributed by atoms with Crippen molar-refractivity contribution in [3.63, 3.8) is 0 Å². The lowest BCUT2D eigenvalue weighted by Crippen LogP contribution is -2.48. The molecule has 0 aromatic carbocycles. The van der Waals surface area contributed by atoms with Crippen LogP contribution in [0.4, 0.5) is 0 Å². The summed E-state index contributed by atoms with van der Waals surface area (Å²) in [5.41, 5.74) is 0.534. The summed E-state index contributed by atoms with van der Waals surface area (Å²) in [6.07, 6.45) is 5.56. The maximum atomic E-state index is 3.72. The Bertz CT molecular complexity index is 247. The zero-order valence-corrected chi connectivity index (χ0v) is 12.1. The number of hydrogen-bond donors (Lipinski definition) is 1. The normalized spacial score (nSPS) is 35.1. The summed E-state index contributed by atoms with van der Waals surface area (Å²) in [6, 6.07) is 1.51. The lowest BCUT2D eigenvalue weighted by molar-refractivity contribution is 0.105. The van der Waals surface area contributed by atoms with Crippen LogP contribution in [0.2, 0.25) is 0 Å². The smallest absolute Gasteiger partial charge is 0.0218 e. The van der Waals surface area contributed by atoms with Gasteiger partial charge in [0.25, 0.3) is 0 Å². The highest BCUT2D eigenvalue weighted by molar-refractivity contribution is 4.94. The molecular weight excluding hydrogens is 208 g/mol. The van der Waals surface area contributed by atoms with Crippen molar-refractivity contribution in [1.29, 1.82) is 0 Å². The standard InChI is InChI=1S/C15H30N2/c1-12(2)13-11-17(10-6-9-16-13)14-7-5-8-15(14,3)4/h12-14,16H,5-11H2,1-4H3. The molecule has 0 radical (unpaired) electrons. The van der Waals surface area contributed by atoms with E-state index in [4.69, 9.17) is 0 Å². The Morgan fingerprint density at radius 2 is 2.00 bits per heavy atom. The Labute approximate surface area is 107 Å². The number of nitrogens with one attached hydrogen (secondary N) is 1. The van der Waals surface area contributed by atoms with E-state index in [1.807, 2.05) is 0 Å². The SMILES string of the molecule is CC(C)C1CN(C2CCCC2(C)C)CCCN1. The fourth-order valence-corrected chi connectivity index (χ4v) is 3.69. The molecule has 1 N–H and O–H groups in total. The van der Waals surface area contributed by atoms with E-state index in [0.29, 0.717) is 11.5 Å². The van der Waals surface area contributed by atoms with Gasteiger partial charge in [0.05, 0.1) is 0 Å². The van der Waals surface area contributed by atoms with Gasteiger partial charge in [0.2, 0.25) is 0 Å². The Kier molecular flexibility index (Phi) is 4.14. The van der Waals surface area contributed by atoms with Gasteiger partial charge < -0.3 is 5.32 Å². The van der Waals surface area contributed by atoms with E-state index in [2.05, 4.69) is 37.9 Å². The number of rotatable bonds is 2. The maximum Gasteiger partial charge on any atom is 0.0218 e. The van der Waals surface area contributed by atoms with Gasteiger partial charge in [-0.05, 0) is 43.7 Å². The molecule has 100 valence electrons. The zero-order valence-electron chi connectivity index (χ0n) is 12.1. The average Bonchev–Trinajstić information content (AvgIpc) is 2.51. The number of hydrogen-bond acceptors (Lipinski definition) is 2. The van der Waals surface area contributed by atoms with Crippen molar-refractivity contribution < 1.29 is 0 Å². The minimum absolute atomic E-state index is 0.534. The Balaban J connectivity index is 2.03. The van der Waals surface area contributed by atoms with E-state index in [1.165, 1.54) is 45.3 Å². The van der Waals surface area contributed by atoms with Gasteiger partial charge in [-0.3, -0.25) is 4.90 Å². The summed E-state index contributed by atoms with van der Waals surface area (Å²) in [5, 5.41) is 3.72. The topological polar surface area (TPSA) is 15.3 Å². The Hall–Kier alpha value is -0.0800. The first-order valence-corrected chi connectivity index (χ1v) is 7.48. The molecule has 1 saturated carbocycles. The van der Waals surface area contributed by atoms with Gasteiger partial charge >= 0.3 is 0 Å². The van der Waals surface area contributed by atoms with Crippen molar-refractivity contribution in [2.45, 2.75) is 65.5 Å². The molecular formula is C15H30N2. The molecule has 2 atom stereocenters. The molecule has 0 aromatic heterocycles. The molecule has 2 nitrogen and oxygen atoms in total. The van der Waals surface area contributed by atoms with Crippen LogP contribution in [0.15, 0.2) is 0 Å². The second-order valence-electron chi connectivity index (χ2n) is 7.05.